The van der Waals surface area contributed by atoms with E-state index in [-0.39, 0.29) is 0 Å². The molecule has 0 saturated heterocycles. The van der Waals surface area contributed by atoms with E-state index in [1.165, 1.54) is 32.6 Å². The number of hydrogen-bond donors (Lipinski definition) is 0. The molecule has 0 amide bonds. The molecule has 10 rings (SSSR count). The lowest BCUT2D eigenvalue weighted by Gasteiger charge is -2.13. The molecule has 48 heavy (non-hydrogen) atoms. The van der Waals surface area contributed by atoms with Crippen molar-refractivity contribution in [2.75, 3.05) is 0 Å². The Bertz CT molecular complexity index is 2770. The summed E-state index contributed by atoms with van der Waals surface area (Å²) in [6.45, 7) is 0. The minimum Gasteiger partial charge on any atom is -0.309 e. The van der Waals surface area contributed by atoms with Gasteiger partial charge >= 0.3 is 0 Å². The molecule has 0 spiro atoms. The molecule has 0 atom stereocenters. The third-order valence-electron chi connectivity index (χ3n) is 9.49. The van der Waals surface area contributed by atoms with Gasteiger partial charge in [-0.05, 0) is 54.6 Å². The maximum atomic E-state index is 5.28. The summed E-state index contributed by atoms with van der Waals surface area (Å²) >= 11 is 0. The van der Waals surface area contributed by atoms with Gasteiger partial charge in [-0.2, -0.15) is 0 Å². The van der Waals surface area contributed by atoms with Crippen molar-refractivity contribution in [1.29, 1.82) is 0 Å². The fourth-order valence-electron chi connectivity index (χ4n) is 7.36. The van der Waals surface area contributed by atoms with Gasteiger partial charge in [0.25, 0.3) is 0 Å². The van der Waals surface area contributed by atoms with E-state index in [1.807, 2.05) is 24.3 Å². The topological polar surface area (TPSA) is 35.6 Å². The van der Waals surface area contributed by atoms with Crippen molar-refractivity contribution in [2.24, 2.45) is 0 Å². The van der Waals surface area contributed by atoms with Crippen LogP contribution in [0.1, 0.15) is 0 Å². The third-order valence-corrected chi connectivity index (χ3v) is 9.49. The van der Waals surface area contributed by atoms with E-state index in [2.05, 4.69) is 155 Å². The zero-order valence-electron chi connectivity index (χ0n) is 26.0. The number of aromatic nitrogens is 4. The van der Waals surface area contributed by atoms with Crippen molar-refractivity contribution in [2.45, 2.75) is 0 Å². The summed E-state index contributed by atoms with van der Waals surface area (Å²) in [7, 11) is 0. The fraction of sp³-hybridized carbons (Fsp3) is 0. The van der Waals surface area contributed by atoms with Gasteiger partial charge in [0.1, 0.15) is 0 Å². The maximum Gasteiger partial charge on any atom is 0.0973 e. The molecule has 10 aromatic rings. The van der Waals surface area contributed by atoms with Crippen LogP contribution >= 0.6 is 0 Å². The van der Waals surface area contributed by atoms with Crippen LogP contribution in [0.25, 0.3) is 88.5 Å². The highest BCUT2D eigenvalue weighted by Gasteiger charge is 2.18. The van der Waals surface area contributed by atoms with Crippen LogP contribution in [0.15, 0.2) is 170 Å². The van der Waals surface area contributed by atoms with Crippen molar-refractivity contribution < 1.29 is 0 Å². The highest BCUT2D eigenvalue weighted by atomic mass is 15.0. The summed E-state index contributed by atoms with van der Waals surface area (Å²) in [4.78, 5) is 10.5. The number of para-hydroxylation sites is 3. The van der Waals surface area contributed by atoms with Crippen molar-refractivity contribution in [3.8, 4) is 33.9 Å². The summed E-state index contributed by atoms with van der Waals surface area (Å²) in [6.07, 6.45) is 0. The fourth-order valence-corrected chi connectivity index (χ4v) is 7.36. The largest absolute Gasteiger partial charge is 0.309 e. The second-order valence-electron chi connectivity index (χ2n) is 12.2. The first-order chi connectivity index (χ1) is 23.8. The van der Waals surface area contributed by atoms with E-state index in [0.29, 0.717) is 0 Å². The van der Waals surface area contributed by atoms with E-state index in [1.54, 1.807) is 0 Å². The van der Waals surface area contributed by atoms with Gasteiger partial charge in [0.2, 0.25) is 0 Å². The van der Waals surface area contributed by atoms with Crippen LogP contribution in [0.5, 0.6) is 0 Å². The number of benzene rings is 7. The van der Waals surface area contributed by atoms with Gasteiger partial charge in [0.15, 0.2) is 0 Å². The Morgan fingerprint density at radius 3 is 1.29 bits per heavy atom. The Morgan fingerprint density at radius 1 is 0.312 bits per heavy atom. The molecule has 0 bridgehead atoms. The molecule has 0 aliphatic rings. The van der Waals surface area contributed by atoms with E-state index in [9.17, 15) is 0 Å². The molecule has 0 aliphatic carbocycles. The molecule has 4 heteroatoms. The third kappa shape index (κ3) is 4.03. The van der Waals surface area contributed by atoms with Gasteiger partial charge in [-0.1, -0.05) is 115 Å². The zero-order valence-corrected chi connectivity index (χ0v) is 26.0. The minimum absolute atomic E-state index is 0.860. The lowest BCUT2D eigenvalue weighted by atomic mass is 10.0. The van der Waals surface area contributed by atoms with Gasteiger partial charge in [0, 0.05) is 44.0 Å². The lowest BCUT2D eigenvalue weighted by molar-refractivity contribution is 1.16. The molecule has 4 nitrogen and oxygen atoms in total. The normalized spacial score (nSPS) is 11.8. The number of fused-ring (bicyclic) bond motifs is 7. The molecule has 0 radical (unpaired) electrons. The monoisotopic (exact) mass is 612 g/mol. The van der Waals surface area contributed by atoms with Gasteiger partial charge in [-0.25, -0.2) is 9.97 Å². The zero-order chi connectivity index (χ0) is 31.6. The Kier molecular flexibility index (Phi) is 5.84. The first-order valence-electron chi connectivity index (χ1n) is 16.3. The van der Waals surface area contributed by atoms with Crippen LogP contribution < -0.4 is 0 Å². The van der Waals surface area contributed by atoms with Gasteiger partial charge in [-0.15, -0.1) is 0 Å². The molecule has 0 unspecified atom stereocenters. The van der Waals surface area contributed by atoms with Crippen molar-refractivity contribution in [3.63, 3.8) is 0 Å². The average molecular weight is 613 g/mol. The van der Waals surface area contributed by atoms with E-state index in [4.69, 9.17) is 9.97 Å². The van der Waals surface area contributed by atoms with Crippen LogP contribution in [-0.2, 0) is 0 Å². The second-order valence-corrected chi connectivity index (χ2v) is 12.2. The lowest BCUT2D eigenvalue weighted by Crippen LogP contribution is -1.98. The Balaban J connectivity index is 1.19. The Hall–Kier alpha value is -6.52. The Labute approximate surface area is 276 Å². The summed E-state index contributed by atoms with van der Waals surface area (Å²) in [5.74, 6) is 0. The van der Waals surface area contributed by atoms with Crippen LogP contribution in [0.4, 0.5) is 0 Å². The van der Waals surface area contributed by atoms with Crippen molar-refractivity contribution in [3.05, 3.63) is 170 Å². The van der Waals surface area contributed by atoms with Crippen molar-refractivity contribution >= 4 is 54.6 Å². The molecular formula is C44H28N4. The smallest absolute Gasteiger partial charge is 0.0973 e. The number of hydrogen-bond acceptors (Lipinski definition) is 2. The summed E-state index contributed by atoms with van der Waals surface area (Å²) in [5.41, 5.74) is 12.5. The summed E-state index contributed by atoms with van der Waals surface area (Å²) in [5, 5.41) is 4.95. The highest BCUT2D eigenvalue weighted by Crippen LogP contribution is 2.38. The SMILES string of the molecule is c1ccc(-c2nc3ccc(-n4c5ccccc5c5cc(-n6c7ccccc7c7ccccc76)ccc54)cc3nc2-c2ccccc2)cc1. The van der Waals surface area contributed by atoms with Gasteiger partial charge in [-0.3, -0.25) is 0 Å². The van der Waals surface area contributed by atoms with Crippen LogP contribution in [0.2, 0.25) is 0 Å². The van der Waals surface area contributed by atoms with Crippen LogP contribution in [0.3, 0.4) is 0 Å². The maximum absolute atomic E-state index is 5.28. The summed E-state index contributed by atoms with van der Waals surface area (Å²) < 4.78 is 4.74. The van der Waals surface area contributed by atoms with Crippen molar-refractivity contribution in [1.82, 2.24) is 19.1 Å². The molecule has 0 saturated carbocycles. The molecule has 0 aliphatic heterocycles. The predicted molar refractivity (Wildman–Crippen MR) is 199 cm³/mol. The molecular weight excluding hydrogens is 585 g/mol. The molecule has 3 heterocycles. The van der Waals surface area contributed by atoms with Gasteiger partial charge < -0.3 is 9.13 Å². The minimum atomic E-state index is 0.860. The highest BCUT2D eigenvalue weighted by molar-refractivity contribution is 6.12. The standard InChI is InChI=1S/C44H28N4/c1-3-13-29(14-4-1)43-44(30-15-5-2-6-16-30)46-38-28-32(23-25-37(38)45-43)48-41-22-12-9-19-35(41)36-27-31(24-26-42(36)48)47-39-20-10-7-17-33(39)34-18-8-11-21-40(34)47/h1-28H. The summed E-state index contributed by atoms with van der Waals surface area (Å²) in [6, 6.07) is 60.0. The quantitative estimate of drug-likeness (QED) is 0.198. The van der Waals surface area contributed by atoms with Crippen LogP contribution in [-0.4, -0.2) is 19.1 Å². The number of nitrogens with zero attached hydrogens (tertiary/aromatic N) is 4. The molecule has 3 aromatic heterocycles. The molecule has 0 N–H and O–H groups in total. The Morgan fingerprint density at radius 2 is 0.729 bits per heavy atom. The van der Waals surface area contributed by atoms with E-state index < -0.39 is 0 Å². The molecule has 224 valence electrons. The average Bonchev–Trinajstić information content (AvgIpc) is 3.67. The molecule has 0 fully saturated rings. The second kappa shape index (κ2) is 10.5. The first-order valence-corrected chi connectivity index (χ1v) is 16.3. The molecule has 7 aromatic carbocycles. The predicted octanol–water partition coefficient (Wildman–Crippen LogP) is 11.2. The van der Waals surface area contributed by atoms with E-state index >= 15 is 0 Å². The van der Waals surface area contributed by atoms with Gasteiger partial charge in [0.05, 0.1) is 44.5 Å². The first kappa shape index (κ1) is 26.7. The van der Waals surface area contributed by atoms with Crippen LogP contribution in [0, 0.1) is 0 Å². The number of rotatable bonds is 4. The van der Waals surface area contributed by atoms with E-state index in [0.717, 1.165) is 56.0 Å².